The molecule has 0 bridgehead atoms. The number of fused-ring (bicyclic) bond motifs is 2. The number of nitrogens with two attached hydrogens (primary N) is 1. The lowest BCUT2D eigenvalue weighted by molar-refractivity contribution is -0.680. The van der Waals surface area contributed by atoms with E-state index in [1.807, 2.05) is 20.8 Å². The van der Waals surface area contributed by atoms with Gasteiger partial charge in [-0.05, 0) is 13.3 Å². The van der Waals surface area contributed by atoms with Crippen LogP contribution in [0.15, 0.2) is 0 Å². The van der Waals surface area contributed by atoms with E-state index in [9.17, 15) is 10.5 Å². The van der Waals surface area contributed by atoms with Crippen molar-refractivity contribution in [3.05, 3.63) is 0 Å². The number of nitriles is 2. The third-order valence-electron chi connectivity index (χ3n) is 5.33. The van der Waals surface area contributed by atoms with Crippen molar-refractivity contribution in [2.75, 3.05) is 6.61 Å². The van der Waals surface area contributed by atoms with Crippen molar-refractivity contribution in [2.24, 2.45) is 22.0 Å². The minimum Gasteiger partial charge on any atom is -0.311 e. The van der Waals surface area contributed by atoms with Gasteiger partial charge in [0.2, 0.25) is 0 Å². The highest BCUT2D eigenvalue weighted by molar-refractivity contribution is 5.94. The number of nitrogens with zero attached hydrogens (tertiary/aromatic N) is 2. The van der Waals surface area contributed by atoms with Crippen molar-refractivity contribution in [1.29, 1.82) is 10.5 Å². The van der Waals surface area contributed by atoms with Crippen LogP contribution in [0.1, 0.15) is 33.6 Å². The van der Waals surface area contributed by atoms with E-state index in [-0.39, 0.29) is 6.10 Å². The highest BCUT2D eigenvalue weighted by Gasteiger charge is 3.02. The maximum atomic E-state index is 9.89. The van der Waals surface area contributed by atoms with Crippen LogP contribution in [0.4, 0.5) is 0 Å². The van der Waals surface area contributed by atoms with Crippen LogP contribution in [0.3, 0.4) is 0 Å². The van der Waals surface area contributed by atoms with Gasteiger partial charge in [-0.1, -0.05) is 20.3 Å². The molecule has 1 spiro atoms. The molecule has 0 aromatic carbocycles. The Morgan fingerprint density at radius 3 is 2.60 bits per heavy atom. The van der Waals surface area contributed by atoms with Crippen molar-refractivity contribution in [1.82, 2.24) is 0 Å². The molecule has 1 aliphatic carbocycles. The van der Waals surface area contributed by atoms with E-state index in [1.54, 1.807) is 0 Å². The molecule has 3 rings (SSSR count). The summed E-state index contributed by atoms with van der Waals surface area (Å²) >= 11 is 0. The molecule has 5 atom stereocenters. The second kappa shape index (κ2) is 3.52. The molecule has 0 radical (unpaired) electrons. The summed E-state index contributed by atoms with van der Waals surface area (Å²) < 4.78 is 11.7. The van der Waals surface area contributed by atoms with Gasteiger partial charge in [-0.15, -0.1) is 0 Å². The summed E-state index contributed by atoms with van der Waals surface area (Å²) in [4.78, 5) is 2.96. The van der Waals surface area contributed by atoms with Crippen molar-refractivity contribution in [3.63, 3.8) is 0 Å². The fourth-order valence-corrected chi connectivity index (χ4v) is 4.53. The van der Waals surface area contributed by atoms with E-state index >= 15 is 0 Å². The number of amidine groups is 1. The lowest BCUT2D eigenvalue weighted by atomic mass is 9.87. The first-order valence-electron chi connectivity index (χ1n) is 6.96. The molecular formula is C14H19N4O2+. The highest BCUT2D eigenvalue weighted by atomic mass is 16.8. The first-order valence-corrected chi connectivity index (χ1v) is 6.96. The summed E-state index contributed by atoms with van der Waals surface area (Å²) in [5.41, 5.74) is 3.41. The molecule has 0 aromatic rings. The Labute approximate surface area is 118 Å². The van der Waals surface area contributed by atoms with Gasteiger partial charge in [0.1, 0.15) is 0 Å². The van der Waals surface area contributed by atoms with Crippen LogP contribution in [-0.2, 0) is 9.47 Å². The fourth-order valence-electron chi connectivity index (χ4n) is 4.53. The van der Waals surface area contributed by atoms with E-state index in [4.69, 9.17) is 15.2 Å². The van der Waals surface area contributed by atoms with E-state index in [0.29, 0.717) is 12.4 Å². The van der Waals surface area contributed by atoms with Crippen LogP contribution in [0.25, 0.3) is 0 Å². The van der Waals surface area contributed by atoms with Gasteiger partial charge < -0.3 is 9.47 Å². The summed E-state index contributed by atoms with van der Waals surface area (Å²) in [6.45, 7) is 6.23. The third kappa shape index (κ3) is 0.933. The molecule has 2 fully saturated rings. The summed E-state index contributed by atoms with van der Waals surface area (Å²) in [6.07, 6.45) is 1.45. The zero-order valence-corrected chi connectivity index (χ0v) is 12.0. The number of hydrogen-bond acceptors (Lipinski definition) is 5. The Morgan fingerprint density at radius 2 is 2.15 bits per heavy atom. The molecular weight excluding hydrogens is 256 g/mol. The summed E-state index contributed by atoms with van der Waals surface area (Å²) in [5, 5.41) is 19.6. The predicted molar refractivity (Wildman–Crippen MR) is 68.5 cm³/mol. The number of ether oxygens (including phenoxy) is 2. The Bertz CT molecular complexity index is 591. The Kier molecular flexibility index (Phi) is 2.35. The third-order valence-corrected chi connectivity index (χ3v) is 5.33. The average molecular weight is 275 g/mol. The number of rotatable bonds is 2. The second-order valence-corrected chi connectivity index (χ2v) is 6.20. The Balaban J connectivity index is 2.21. The lowest BCUT2D eigenvalue weighted by Crippen LogP contribution is -2.90. The topological polar surface area (TPSA) is 106 Å². The molecule has 0 aromatic heterocycles. The molecule has 0 unspecified atom stereocenters. The molecule has 3 aliphatic rings. The molecule has 6 nitrogen and oxygen atoms in total. The zero-order valence-electron chi connectivity index (χ0n) is 12.0. The first kappa shape index (κ1) is 13.4. The highest BCUT2D eigenvalue weighted by Crippen LogP contribution is 2.84. The molecule has 106 valence electrons. The predicted octanol–water partition coefficient (Wildman–Crippen LogP) is -0.633. The number of hydrogen-bond donors (Lipinski definition) is 2. The van der Waals surface area contributed by atoms with E-state index < -0.39 is 22.2 Å². The smallest absolute Gasteiger partial charge is 0.311 e. The van der Waals surface area contributed by atoms with Gasteiger partial charge in [-0.25, -0.2) is 4.99 Å². The first-order chi connectivity index (χ1) is 9.41. The van der Waals surface area contributed by atoms with Gasteiger partial charge in [0.05, 0.1) is 24.8 Å². The van der Waals surface area contributed by atoms with Gasteiger partial charge in [0, 0.05) is 5.41 Å². The summed E-state index contributed by atoms with van der Waals surface area (Å²) in [5.74, 6) is -0.989. The lowest BCUT2D eigenvalue weighted by Gasteiger charge is -2.27. The van der Waals surface area contributed by atoms with Gasteiger partial charge in [-0.3, -0.25) is 5.73 Å². The maximum absolute atomic E-state index is 9.89. The monoisotopic (exact) mass is 275 g/mol. The summed E-state index contributed by atoms with van der Waals surface area (Å²) in [7, 11) is 0. The SMILES string of the molecule is CCC[C@]1(C)[C@]2(C#N)C(N)=[NH+][C@@]3(OC[C@H](C)O3)[C@]12C#N. The molecule has 1 saturated heterocycles. The molecule has 2 aliphatic heterocycles. The van der Waals surface area contributed by atoms with Gasteiger partial charge in [0.15, 0.2) is 10.8 Å². The average Bonchev–Trinajstić information content (AvgIpc) is 2.62. The van der Waals surface area contributed by atoms with Crippen molar-refractivity contribution < 1.29 is 14.5 Å². The largest absolute Gasteiger partial charge is 0.343 e. The van der Waals surface area contributed by atoms with Crippen LogP contribution in [0.5, 0.6) is 0 Å². The van der Waals surface area contributed by atoms with Crippen molar-refractivity contribution in [2.45, 2.75) is 45.6 Å². The van der Waals surface area contributed by atoms with Crippen LogP contribution in [0.2, 0.25) is 0 Å². The molecule has 1 saturated carbocycles. The van der Waals surface area contributed by atoms with Crippen molar-refractivity contribution in [3.8, 4) is 12.1 Å². The Morgan fingerprint density at radius 1 is 1.45 bits per heavy atom. The quantitative estimate of drug-likeness (QED) is 0.697. The van der Waals surface area contributed by atoms with Crippen molar-refractivity contribution >= 4 is 5.84 Å². The Hall–Kier alpha value is -1.63. The summed E-state index contributed by atoms with van der Waals surface area (Å²) in [6, 6.07) is 4.62. The normalized spacial score (nSPS) is 52.2. The minimum absolute atomic E-state index is 0.138. The molecule has 2 heterocycles. The van der Waals surface area contributed by atoms with Crippen LogP contribution in [0, 0.1) is 38.9 Å². The van der Waals surface area contributed by atoms with E-state index in [1.165, 1.54) is 0 Å². The van der Waals surface area contributed by atoms with E-state index in [2.05, 4.69) is 17.1 Å². The zero-order chi connectivity index (χ0) is 14.8. The standard InChI is InChI=1S/C14H18N4O2/c1-4-5-11(3)12(7-15)10(17)18-14(13(11,12)8-16)19-6-9(2)20-14/h9H,4-6H2,1-3H3,(H2,17,18)/p+1/t9-,11+,12-,13+,14+/m0/s1. The molecule has 20 heavy (non-hydrogen) atoms. The molecule has 3 N–H and O–H groups in total. The fraction of sp³-hybridized carbons (Fsp3) is 0.786. The number of nitrogens with one attached hydrogen (secondary N) is 1. The van der Waals surface area contributed by atoms with Gasteiger partial charge >= 0.3 is 5.91 Å². The van der Waals surface area contributed by atoms with Crippen LogP contribution < -0.4 is 10.7 Å². The van der Waals surface area contributed by atoms with E-state index in [0.717, 1.165) is 12.8 Å². The van der Waals surface area contributed by atoms with Crippen LogP contribution >= 0.6 is 0 Å². The molecule has 6 heteroatoms. The second-order valence-electron chi connectivity index (χ2n) is 6.20. The minimum atomic E-state index is -1.29. The van der Waals surface area contributed by atoms with Gasteiger partial charge in [-0.2, -0.15) is 10.5 Å². The van der Waals surface area contributed by atoms with Crippen LogP contribution in [-0.4, -0.2) is 24.5 Å². The van der Waals surface area contributed by atoms with Gasteiger partial charge in [0.25, 0.3) is 5.84 Å². The molecule has 0 amide bonds. The maximum Gasteiger partial charge on any atom is 0.343 e.